The van der Waals surface area contributed by atoms with Crippen molar-refractivity contribution >= 4 is 34.1 Å². The van der Waals surface area contributed by atoms with Gasteiger partial charge in [-0.2, -0.15) is 0 Å². The summed E-state index contributed by atoms with van der Waals surface area (Å²) in [6.45, 7) is 18.7. The van der Waals surface area contributed by atoms with E-state index in [4.69, 9.17) is 0 Å². The van der Waals surface area contributed by atoms with E-state index < -0.39 is 0 Å². The number of fused-ring (bicyclic) bond motifs is 3. The van der Waals surface area contributed by atoms with E-state index in [2.05, 4.69) is 259 Å². The fraction of sp³-hybridized carbons (Fsp3) is 0.377. The lowest BCUT2D eigenvalue weighted by molar-refractivity contribution is 0.398. The van der Waals surface area contributed by atoms with Crippen LogP contribution in [0.2, 0.25) is 0 Å². The zero-order valence-corrected chi connectivity index (χ0v) is 49.6. The fourth-order valence-corrected chi connectivity index (χ4v) is 12.9. The molecule has 0 saturated carbocycles. The maximum absolute atomic E-state index is 2.62. The van der Waals surface area contributed by atoms with E-state index in [9.17, 15) is 0 Å². The van der Waals surface area contributed by atoms with E-state index in [0.717, 1.165) is 25.7 Å². The smallest absolute Gasteiger partial charge is 0.0462 e. The maximum atomic E-state index is 2.62. The summed E-state index contributed by atoms with van der Waals surface area (Å²) in [4.78, 5) is 4.82. The second-order valence-corrected chi connectivity index (χ2v) is 23.7. The Bertz CT molecular complexity index is 2910. The first-order valence-electron chi connectivity index (χ1n) is 31.0. The highest BCUT2D eigenvalue weighted by Gasteiger charge is 2.43. The van der Waals surface area contributed by atoms with Crippen molar-refractivity contribution in [3.8, 4) is 33.4 Å². The fourth-order valence-electron chi connectivity index (χ4n) is 12.9. The standard InChI is InChI=1S/C77H92N2/c1-9-15-17-19-21-29-55-77(56-30-22-20-18-16-10-2)73-57-61(59-35-45-67(46-36-59)78(65-31-25-23-26-32-65)69-49-41-63(42-50-69)75(7,11-3)12-4)39-53-71(73)72-54-40-62(58-74(72)77)60-37-47-68(48-38-60)79(66-33-27-24-28-34-66)70-51-43-64(44-52-70)76(8,13-5)14-6/h23-28,31-54,57-58H,9-22,29-30,55-56H2,1-8H3. The average molecular weight is 1050 g/mol. The Morgan fingerprint density at radius 1 is 0.304 bits per heavy atom. The number of anilines is 6. The van der Waals surface area contributed by atoms with Crippen LogP contribution in [0.25, 0.3) is 33.4 Å². The molecule has 2 heteroatoms. The van der Waals surface area contributed by atoms with Gasteiger partial charge in [0.05, 0.1) is 0 Å². The molecule has 79 heavy (non-hydrogen) atoms. The van der Waals surface area contributed by atoms with E-state index in [1.807, 2.05) is 0 Å². The predicted molar refractivity (Wildman–Crippen MR) is 345 cm³/mol. The SMILES string of the molecule is CCCCCCCCC1(CCCCCCCC)c2cc(-c3ccc(N(c4ccccc4)c4ccc(C(C)(CC)CC)cc4)cc3)ccc2-c2ccc(-c3ccc(N(c4ccccc4)c4ccc(C(C)(CC)CC)cc4)cc3)cc21. The molecule has 410 valence electrons. The summed E-state index contributed by atoms with van der Waals surface area (Å²) in [5, 5.41) is 0. The molecule has 0 saturated heterocycles. The van der Waals surface area contributed by atoms with Crippen LogP contribution in [-0.2, 0) is 16.2 Å². The van der Waals surface area contributed by atoms with Crippen LogP contribution in [0.4, 0.5) is 34.1 Å². The van der Waals surface area contributed by atoms with Gasteiger partial charge in [-0.3, -0.25) is 0 Å². The Hall–Kier alpha value is -6.64. The molecule has 8 aromatic rings. The van der Waals surface area contributed by atoms with Gasteiger partial charge in [0, 0.05) is 39.5 Å². The molecule has 1 aliphatic carbocycles. The summed E-state index contributed by atoms with van der Waals surface area (Å²) in [6, 6.07) is 74.2. The van der Waals surface area contributed by atoms with Crippen LogP contribution in [0, 0.1) is 0 Å². The third-order valence-electron chi connectivity index (χ3n) is 19.0. The van der Waals surface area contributed by atoms with Gasteiger partial charge in [0.15, 0.2) is 0 Å². The average Bonchev–Trinajstić information content (AvgIpc) is 3.90. The number of hydrogen-bond acceptors (Lipinski definition) is 2. The molecule has 0 radical (unpaired) electrons. The number of unbranched alkanes of at least 4 members (excludes halogenated alkanes) is 10. The van der Waals surface area contributed by atoms with Gasteiger partial charge in [-0.25, -0.2) is 0 Å². The predicted octanol–water partition coefficient (Wildman–Crippen LogP) is 23.9. The highest BCUT2D eigenvalue weighted by molar-refractivity contribution is 5.87. The third kappa shape index (κ3) is 12.6. The van der Waals surface area contributed by atoms with Crippen molar-refractivity contribution in [2.24, 2.45) is 0 Å². The molecule has 0 spiro atoms. The Morgan fingerprint density at radius 2 is 0.595 bits per heavy atom. The van der Waals surface area contributed by atoms with Crippen molar-refractivity contribution in [1.82, 2.24) is 0 Å². The van der Waals surface area contributed by atoms with E-state index in [0.29, 0.717) is 0 Å². The van der Waals surface area contributed by atoms with Crippen molar-refractivity contribution in [1.29, 1.82) is 0 Å². The Labute approximate surface area is 478 Å². The van der Waals surface area contributed by atoms with Gasteiger partial charge >= 0.3 is 0 Å². The first-order chi connectivity index (χ1) is 38.6. The topological polar surface area (TPSA) is 6.48 Å². The van der Waals surface area contributed by atoms with Crippen LogP contribution in [0.5, 0.6) is 0 Å². The minimum absolute atomic E-state index is 0.0596. The van der Waals surface area contributed by atoms with Gasteiger partial charge in [0.2, 0.25) is 0 Å². The second kappa shape index (κ2) is 26.5. The molecule has 0 aromatic heterocycles. The summed E-state index contributed by atoms with van der Waals surface area (Å²) >= 11 is 0. The van der Waals surface area contributed by atoms with Gasteiger partial charge in [-0.05, 0) is 190 Å². The van der Waals surface area contributed by atoms with Crippen molar-refractivity contribution in [3.63, 3.8) is 0 Å². The van der Waals surface area contributed by atoms with Gasteiger partial charge in [0.1, 0.15) is 0 Å². The lowest BCUT2D eigenvalue weighted by atomic mass is 9.70. The first kappa shape index (κ1) is 57.1. The summed E-state index contributed by atoms with van der Waals surface area (Å²) in [5.41, 5.74) is 21.2. The minimum Gasteiger partial charge on any atom is -0.311 e. The molecule has 0 amide bonds. The monoisotopic (exact) mass is 1040 g/mol. The van der Waals surface area contributed by atoms with Crippen LogP contribution >= 0.6 is 0 Å². The first-order valence-corrected chi connectivity index (χ1v) is 31.0. The summed E-state index contributed by atoms with van der Waals surface area (Å²) in [5.74, 6) is 0. The lowest BCUT2D eigenvalue weighted by Gasteiger charge is -2.33. The summed E-state index contributed by atoms with van der Waals surface area (Å²) < 4.78 is 0. The molecule has 0 atom stereocenters. The third-order valence-corrected chi connectivity index (χ3v) is 19.0. The zero-order valence-electron chi connectivity index (χ0n) is 49.6. The van der Waals surface area contributed by atoms with Crippen LogP contribution in [0.1, 0.15) is 193 Å². The molecular weight excluding hydrogens is 953 g/mol. The minimum atomic E-state index is -0.0596. The molecule has 1 aliphatic rings. The maximum Gasteiger partial charge on any atom is 0.0462 e. The van der Waals surface area contributed by atoms with Crippen LogP contribution in [0.3, 0.4) is 0 Å². The number of rotatable bonds is 28. The molecule has 9 rings (SSSR count). The quantitative estimate of drug-likeness (QED) is 0.0451. The molecule has 2 nitrogen and oxygen atoms in total. The number of nitrogens with zero attached hydrogens (tertiary/aromatic N) is 2. The van der Waals surface area contributed by atoms with Gasteiger partial charge in [0.25, 0.3) is 0 Å². The molecule has 0 fully saturated rings. The van der Waals surface area contributed by atoms with Gasteiger partial charge in [-0.15, -0.1) is 0 Å². The van der Waals surface area contributed by atoms with Gasteiger partial charge < -0.3 is 9.80 Å². The normalized spacial score (nSPS) is 12.8. The lowest BCUT2D eigenvalue weighted by Crippen LogP contribution is -2.25. The number of para-hydroxylation sites is 2. The molecule has 0 unspecified atom stereocenters. The summed E-state index contributed by atoms with van der Waals surface area (Å²) in [7, 11) is 0. The second-order valence-electron chi connectivity index (χ2n) is 23.7. The van der Waals surface area contributed by atoms with Crippen molar-refractivity contribution in [2.45, 2.75) is 187 Å². The molecule has 0 N–H and O–H groups in total. The summed E-state index contributed by atoms with van der Waals surface area (Å²) in [6.07, 6.45) is 22.5. The molecule has 0 aliphatic heterocycles. The largest absolute Gasteiger partial charge is 0.311 e. The molecule has 0 heterocycles. The van der Waals surface area contributed by atoms with Crippen molar-refractivity contribution < 1.29 is 0 Å². The van der Waals surface area contributed by atoms with E-state index in [-0.39, 0.29) is 16.2 Å². The Balaban J connectivity index is 1.08. The highest BCUT2D eigenvalue weighted by Crippen LogP contribution is 2.56. The van der Waals surface area contributed by atoms with E-state index in [1.54, 1.807) is 11.1 Å². The molecular formula is C77H92N2. The van der Waals surface area contributed by atoms with Crippen LogP contribution in [-0.4, -0.2) is 0 Å². The van der Waals surface area contributed by atoms with Crippen molar-refractivity contribution in [2.75, 3.05) is 9.80 Å². The van der Waals surface area contributed by atoms with E-state index in [1.165, 1.54) is 169 Å². The number of benzene rings is 8. The Kier molecular flexibility index (Phi) is 19.2. The van der Waals surface area contributed by atoms with Crippen molar-refractivity contribution in [3.05, 3.63) is 216 Å². The van der Waals surface area contributed by atoms with Crippen LogP contribution in [0.15, 0.2) is 194 Å². The van der Waals surface area contributed by atoms with Crippen LogP contribution < -0.4 is 9.80 Å². The number of hydrogen-bond donors (Lipinski definition) is 0. The zero-order chi connectivity index (χ0) is 55.2. The molecule has 0 bridgehead atoms. The van der Waals surface area contributed by atoms with Gasteiger partial charge in [-0.1, -0.05) is 242 Å². The molecule has 8 aromatic carbocycles. The highest BCUT2D eigenvalue weighted by atomic mass is 15.1. The van der Waals surface area contributed by atoms with E-state index >= 15 is 0 Å². The Morgan fingerprint density at radius 3 is 0.924 bits per heavy atom.